The topological polar surface area (TPSA) is 121 Å². The van der Waals surface area contributed by atoms with Gasteiger partial charge in [-0.2, -0.15) is 0 Å². The van der Waals surface area contributed by atoms with Crippen LogP contribution in [-0.4, -0.2) is 75.5 Å². The highest BCUT2D eigenvalue weighted by Crippen LogP contribution is 2.34. The minimum Gasteiger partial charge on any atom is -0.464 e. The van der Waals surface area contributed by atoms with Crippen molar-refractivity contribution in [3.8, 4) is 0 Å². The molecular formula is C22H39NO7. The molecule has 1 aliphatic heterocycles. The average Bonchev–Trinajstić information content (AvgIpc) is 2.60. The van der Waals surface area contributed by atoms with Crippen LogP contribution in [0.1, 0.15) is 54.9 Å². The smallest absolute Gasteiger partial charge is 0.228 e. The molecule has 1 fully saturated rings. The third-order valence-corrected chi connectivity index (χ3v) is 4.92. The van der Waals surface area contributed by atoms with Crippen molar-refractivity contribution in [3.05, 3.63) is 23.1 Å². The largest absolute Gasteiger partial charge is 0.464 e. The van der Waals surface area contributed by atoms with E-state index < -0.39 is 37.3 Å². The minimum absolute atomic E-state index is 0.0363. The zero-order valence-electron chi connectivity index (χ0n) is 19.2. The maximum Gasteiger partial charge on any atom is 0.228 e. The van der Waals surface area contributed by atoms with E-state index in [4.69, 9.17) is 14.2 Å². The molecule has 1 heterocycles. The summed E-state index contributed by atoms with van der Waals surface area (Å²) in [5.74, 6) is 0.555. The summed E-state index contributed by atoms with van der Waals surface area (Å²) in [5.41, 5.74) is 1.37. The Balaban J connectivity index is 2.31. The van der Waals surface area contributed by atoms with Crippen LogP contribution in [0.15, 0.2) is 23.1 Å². The van der Waals surface area contributed by atoms with Crippen LogP contribution in [0.25, 0.3) is 0 Å². The van der Waals surface area contributed by atoms with Gasteiger partial charge < -0.3 is 40.0 Å². The van der Waals surface area contributed by atoms with Gasteiger partial charge in [-0.05, 0) is 59.6 Å². The first-order chi connectivity index (χ1) is 13.7. The van der Waals surface area contributed by atoms with Gasteiger partial charge in [0.2, 0.25) is 6.29 Å². The highest BCUT2D eigenvalue weighted by Gasteiger charge is 2.45. The van der Waals surface area contributed by atoms with Gasteiger partial charge in [0.1, 0.15) is 30.2 Å². The van der Waals surface area contributed by atoms with E-state index in [1.807, 2.05) is 54.5 Å². The Kier molecular flexibility index (Phi) is 7.99. The predicted molar refractivity (Wildman–Crippen MR) is 112 cm³/mol. The van der Waals surface area contributed by atoms with E-state index in [9.17, 15) is 20.4 Å². The van der Waals surface area contributed by atoms with Gasteiger partial charge in [-0.1, -0.05) is 6.92 Å². The number of nitrogens with one attached hydrogen (secondary N) is 1. The van der Waals surface area contributed by atoms with Gasteiger partial charge in [0.25, 0.3) is 0 Å². The lowest BCUT2D eigenvalue weighted by molar-refractivity contribution is -0.293. The molecular weight excluding hydrogens is 390 g/mol. The number of aliphatic hydroxyl groups excluding tert-OH is 4. The van der Waals surface area contributed by atoms with E-state index in [1.165, 1.54) is 0 Å². The van der Waals surface area contributed by atoms with E-state index in [2.05, 4.69) is 5.32 Å². The normalized spacial score (nSPS) is 33.4. The van der Waals surface area contributed by atoms with Crippen molar-refractivity contribution >= 4 is 0 Å². The first-order valence-electron chi connectivity index (χ1n) is 10.5. The SMILES string of the molecule is CC1CC(COC(C)(C)C)=CC(NC(C)(C)C)=C1OC1OC(CO)C(O)C(O)C1O. The van der Waals surface area contributed by atoms with E-state index in [-0.39, 0.29) is 17.1 Å². The molecule has 30 heavy (non-hydrogen) atoms. The van der Waals surface area contributed by atoms with Gasteiger partial charge in [0.15, 0.2) is 0 Å². The third-order valence-electron chi connectivity index (χ3n) is 4.92. The Labute approximate surface area is 179 Å². The van der Waals surface area contributed by atoms with E-state index in [0.29, 0.717) is 18.8 Å². The summed E-state index contributed by atoms with van der Waals surface area (Å²) in [7, 11) is 0. The standard InChI is InChI=1S/C22H39NO7/c1-12-8-13(11-28-22(5,6)7)9-14(23-21(2,3)4)19(12)30-20-18(27)17(26)16(25)15(10-24)29-20/h9,12,15-18,20,23-27H,8,10-11H2,1-7H3. The second-order valence-electron chi connectivity index (χ2n) is 10.3. The Morgan fingerprint density at radius 3 is 2.23 bits per heavy atom. The fourth-order valence-corrected chi connectivity index (χ4v) is 3.47. The molecule has 0 radical (unpaired) electrons. The van der Waals surface area contributed by atoms with Crippen molar-refractivity contribution < 1.29 is 34.6 Å². The zero-order valence-corrected chi connectivity index (χ0v) is 19.2. The molecule has 5 N–H and O–H groups in total. The molecule has 0 spiro atoms. The van der Waals surface area contributed by atoms with Crippen molar-refractivity contribution in [3.63, 3.8) is 0 Å². The van der Waals surface area contributed by atoms with Crippen molar-refractivity contribution in [1.29, 1.82) is 0 Å². The molecule has 0 amide bonds. The number of rotatable bonds is 6. The zero-order chi connectivity index (χ0) is 22.9. The Morgan fingerprint density at radius 1 is 1.07 bits per heavy atom. The number of hydrogen-bond acceptors (Lipinski definition) is 8. The van der Waals surface area contributed by atoms with Crippen LogP contribution in [-0.2, 0) is 14.2 Å². The molecule has 8 heteroatoms. The van der Waals surface area contributed by atoms with Gasteiger partial charge in [0.05, 0.1) is 24.5 Å². The van der Waals surface area contributed by atoms with Crippen molar-refractivity contribution in [2.75, 3.05) is 13.2 Å². The monoisotopic (exact) mass is 429 g/mol. The van der Waals surface area contributed by atoms with Crippen LogP contribution in [0.5, 0.6) is 0 Å². The van der Waals surface area contributed by atoms with Gasteiger partial charge in [0, 0.05) is 11.5 Å². The van der Waals surface area contributed by atoms with Crippen LogP contribution >= 0.6 is 0 Å². The lowest BCUT2D eigenvalue weighted by Crippen LogP contribution is -2.59. The second-order valence-corrected chi connectivity index (χ2v) is 10.3. The number of ether oxygens (including phenoxy) is 3. The van der Waals surface area contributed by atoms with Crippen LogP contribution in [0.2, 0.25) is 0 Å². The number of aliphatic hydroxyl groups is 4. The van der Waals surface area contributed by atoms with Crippen LogP contribution in [0.4, 0.5) is 0 Å². The molecule has 1 saturated heterocycles. The summed E-state index contributed by atoms with van der Waals surface area (Å²) in [5, 5.41) is 43.3. The average molecular weight is 430 g/mol. The van der Waals surface area contributed by atoms with Gasteiger partial charge in [-0.15, -0.1) is 0 Å². The second kappa shape index (κ2) is 9.54. The molecule has 0 saturated carbocycles. The maximum absolute atomic E-state index is 10.4. The van der Waals surface area contributed by atoms with Gasteiger partial charge >= 0.3 is 0 Å². The molecule has 174 valence electrons. The van der Waals surface area contributed by atoms with Crippen molar-refractivity contribution in [1.82, 2.24) is 5.32 Å². The minimum atomic E-state index is -1.48. The van der Waals surface area contributed by atoms with Crippen LogP contribution in [0.3, 0.4) is 0 Å². The van der Waals surface area contributed by atoms with Crippen molar-refractivity contribution in [2.45, 2.75) is 96.7 Å². The fraction of sp³-hybridized carbons (Fsp3) is 0.818. The summed E-state index contributed by atoms with van der Waals surface area (Å²) in [6, 6.07) is 0. The summed E-state index contributed by atoms with van der Waals surface area (Å²) in [6.45, 7) is 14.1. The van der Waals surface area contributed by atoms with Gasteiger partial charge in [-0.3, -0.25) is 0 Å². The molecule has 0 bridgehead atoms. The summed E-state index contributed by atoms with van der Waals surface area (Å²) in [6.07, 6.45) is -3.88. The van der Waals surface area contributed by atoms with Crippen LogP contribution in [0, 0.1) is 5.92 Å². The molecule has 0 aromatic carbocycles. The Hall–Kier alpha value is -1.16. The lowest BCUT2D eigenvalue weighted by atomic mass is 9.91. The van der Waals surface area contributed by atoms with E-state index in [1.54, 1.807) is 0 Å². The lowest BCUT2D eigenvalue weighted by Gasteiger charge is -2.41. The third kappa shape index (κ3) is 6.67. The van der Waals surface area contributed by atoms with E-state index >= 15 is 0 Å². The Morgan fingerprint density at radius 2 is 1.70 bits per heavy atom. The number of hydrogen-bond donors (Lipinski definition) is 5. The van der Waals surface area contributed by atoms with E-state index in [0.717, 1.165) is 11.3 Å². The predicted octanol–water partition coefficient (Wildman–Crippen LogP) is 1.18. The highest BCUT2D eigenvalue weighted by atomic mass is 16.7. The fourth-order valence-electron chi connectivity index (χ4n) is 3.47. The Bertz CT molecular complexity index is 645. The highest BCUT2D eigenvalue weighted by molar-refractivity contribution is 5.33. The quantitative estimate of drug-likeness (QED) is 0.427. The van der Waals surface area contributed by atoms with Crippen molar-refractivity contribution in [2.24, 2.45) is 5.92 Å². The molecule has 6 unspecified atom stereocenters. The molecule has 1 aliphatic carbocycles. The summed E-state index contributed by atoms with van der Waals surface area (Å²) in [4.78, 5) is 0. The first-order valence-corrected chi connectivity index (χ1v) is 10.5. The molecule has 0 aromatic heterocycles. The molecule has 0 aromatic rings. The molecule has 6 atom stereocenters. The van der Waals surface area contributed by atoms with Gasteiger partial charge in [-0.25, -0.2) is 0 Å². The number of allylic oxidation sites excluding steroid dienone is 2. The first kappa shape index (κ1) is 25.1. The molecule has 8 nitrogen and oxygen atoms in total. The summed E-state index contributed by atoms with van der Waals surface area (Å²) < 4.78 is 17.5. The summed E-state index contributed by atoms with van der Waals surface area (Å²) >= 11 is 0. The molecule has 2 aliphatic rings. The van der Waals surface area contributed by atoms with Crippen LogP contribution < -0.4 is 5.32 Å². The molecule has 2 rings (SSSR count). The maximum atomic E-state index is 10.4.